The van der Waals surface area contributed by atoms with Gasteiger partial charge in [0.2, 0.25) is 0 Å². The summed E-state index contributed by atoms with van der Waals surface area (Å²) in [6, 6.07) is 8.13. The van der Waals surface area contributed by atoms with Crippen LogP contribution in [0.15, 0.2) is 24.3 Å². The molecule has 0 aromatic heterocycles. The number of aliphatic hydroxyl groups is 1. The van der Waals surface area contributed by atoms with Crippen LogP contribution in [0, 0.1) is 0 Å². The summed E-state index contributed by atoms with van der Waals surface area (Å²) in [6.45, 7) is 8.83. The van der Waals surface area contributed by atoms with Gasteiger partial charge in [0.05, 0.1) is 11.6 Å². The number of benzene rings is 1. The molecule has 1 aromatic carbocycles. The van der Waals surface area contributed by atoms with Gasteiger partial charge in [0.1, 0.15) is 0 Å². The average molecular weight is 333 g/mol. The molecule has 1 aliphatic rings. The monoisotopic (exact) mass is 333 g/mol. The Hall–Kier alpha value is -1.59. The summed E-state index contributed by atoms with van der Waals surface area (Å²) in [7, 11) is 2.10. The number of carbonyl (C=O) groups excluding carboxylic acids is 1. The lowest BCUT2D eigenvalue weighted by Crippen LogP contribution is -2.51. The number of amides is 2. The second kappa shape index (κ2) is 7.99. The summed E-state index contributed by atoms with van der Waals surface area (Å²) in [5, 5.41) is 13.2. The molecule has 2 N–H and O–H groups in total. The number of carbonyl (C=O) groups is 1. The van der Waals surface area contributed by atoms with Gasteiger partial charge in [-0.2, -0.15) is 0 Å². The van der Waals surface area contributed by atoms with Crippen LogP contribution >= 0.6 is 0 Å². The van der Waals surface area contributed by atoms with Gasteiger partial charge in [-0.25, -0.2) is 4.79 Å². The highest BCUT2D eigenvalue weighted by Gasteiger charge is 2.38. The quantitative estimate of drug-likeness (QED) is 0.841. The zero-order valence-corrected chi connectivity index (χ0v) is 15.4. The highest BCUT2D eigenvalue weighted by molar-refractivity contribution is 5.75. The van der Waals surface area contributed by atoms with E-state index < -0.39 is 5.60 Å². The molecule has 0 spiro atoms. The Morgan fingerprint density at radius 2 is 2.12 bits per heavy atom. The van der Waals surface area contributed by atoms with E-state index in [1.165, 1.54) is 5.56 Å². The van der Waals surface area contributed by atoms with Crippen molar-refractivity contribution in [1.82, 2.24) is 15.1 Å². The maximum atomic E-state index is 12.5. The van der Waals surface area contributed by atoms with Gasteiger partial charge in [-0.1, -0.05) is 31.2 Å². The fourth-order valence-electron chi connectivity index (χ4n) is 3.28. The summed E-state index contributed by atoms with van der Waals surface area (Å²) in [4.78, 5) is 16.5. The van der Waals surface area contributed by atoms with Crippen molar-refractivity contribution in [1.29, 1.82) is 0 Å². The number of rotatable bonds is 6. The highest BCUT2D eigenvalue weighted by Crippen LogP contribution is 2.26. The Labute approximate surface area is 145 Å². The molecular formula is C19H31N3O2. The van der Waals surface area contributed by atoms with Gasteiger partial charge in [-0.15, -0.1) is 0 Å². The van der Waals surface area contributed by atoms with E-state index in [1.54, 1.807) is 18.7 Å². The van der Waals surface area contributed by atoms with Crippen LogP contribution in [0.1, 0.15) is 44.7 Å². The van der Waals surface area contributed by atoms with E-state index in [4.69, 9.17) is 0 Å². The molecular weight excluding hydrogens is 302 g/mol. The maximum absolute atomic E-state index is 12.5. The predicted octanol–water partition coefficient (Wildman–Crippen LogP) is 2.58. The van der Waals surface area contributed by atoms with Crippen LogP contribution in [0.3, 0.4) is 0 Å². The molecule has 2 amide bonds. The summed E-state index contributed by atoms with van der Waals surface area (Å²) in [6.07, 6.45) is 1.80. The molecule has 5 nitrogen and oxygen atoms in total. The lowest BCUT2D eigenvalue weighted by Gasteiger charge is -2.33. The molecule has 0 radical (unpaired) electrons. The standard InChI is InChI=1S/C19H31N3O2/c1-5-21(4)14-16-9-6-8-15(12-16)13-20-18(23)22-11-7-10-17(22)19(2,3)24/h6,8-9,12,17,24H,5,7,10-11,13-14H2,1-4H3,(H,20,23)/t17-/m1/s1. The molecule has 5 heteroatoms. The predicted molar refractivity (Wildman–Crippen MR) is 96.7 cm³/mol. The minimum absolute atomic E-state index is 0.0873. The lowest BCUT2D eigenvalue weighted by atomic mass is 9.97. The highest BCUT2D eigenvalue weighted by atomic mass is 16.3. The number of nitrogens with zero attached hydrogens (tertiary/aromatic N) is 2. The van der Waals surface area contributed by atoms with Crippen molar-refractivity contribution in [3.8, 4) is 0 Å². The Balaban J connectivity index is 1.93. The first kappa shape index (κ1) is 18.7. The van der Waals surface area contributed by atoms with Gasteiger partial charge in [-0.05, 0) is 51.4 Å². The molecule has 1 fully saturated rings. The van der Waals surface area contributed by atoms with Crippen LogP contribution in [0.5, 0.6) is 0 Å². The van der Waals surface area contributed by atoms with E-state index in [0.29, 0.717) is 13.1 Å². The number of hydrogen-bond acceptors (Lipinski definition) is 3. The van der Waals surface area contributed by atoms with E-state index in [2.05, 4.69) is 36.3 Å². The van der Waals surface area contributed by atoms with Gasteiger partial charge in [0.25, 0.3) is 0 Å². The van der Waals surface area contributed by atoms with E-state index in [-0.39, 0.29) is 12.1 Å². The summed E-state index contributed by atoms with van der Waals surface area (Å²) >= 11 is 0. The fourth-order valence-corrected chi connectivity index (χ4v) is 3.28. The molecule has 1 atom stereocenters. The van der Waals surface area contributed by atoms with Crippen LogP contribution in [-0.2, 0) is 13.1 Å². The van der Waals surface area contributed by atoms with Crippen LogP contribution in [0.4, 0.5) is 4.79 Å². The van der Waals surface area contributed by atoms with Crippen molar-refractivity contribution in [2.75, 3.05) is 20.1 Å². The van der Waals surface area contributed by atoms with Crippen LogP contribution in [-0.4, -0.2) is 52.7 Å². The van der Waals surface area contributed by atoms with Crippen molar-refractivity contribution >= 4 is 6.03 Å². The van der Waals surface area contributed by atoms with Crippen LogP contribution < -0.4 is 5.32 Å². The van der Waals surface area contributed by atoms with Gasteiger partial charge < -0.3 is 20.2 Å². The second-order valence-corrected chi connectivity index (χ2v) is 7.31. The molecule has 0 unspecified atom stereocenters. The summed E-state index contributed by atoms with van der Waals surface area (Å²) in [5.74, 6) is 0. The van der Waals surface area contributed by atoms with E-state index >= 15 is 0 Å². The Morgan fingerprint density at radius 1 is 1.42 bits per heavy atom. The maximum Gasteiger partial charge on any atom is 0.318 e. The number of urea groups is 1. The zero-order valence-electron chi connectivity index (χ0n) is 15.4. The molecule has 24 heavy (non-hydrogen) atoms. The molecule has 0 aliphatic carbocycles. The fraction of sp³-hybridized carbons (Fsp3) is 0.632. The second-order valence-electron chi connectivity index (χ2n) is 7.31. The molecule has 0 saturated carbocycles. The van der Waals surface area contributed by atoms with Crippen LogP contribution in [0.2, 0.25) is 0 Å². The summed E-state index contributed by atoms with van der Waals surface area (Å²) < 4.78 is 0. The van der Waals surface area contributed by atoms with E-state index in [0.717, 1.165) is 31.5 Å². The lowest BCUT2D eigenvalue weighted by molar-refractivity contribution is 0.00979. The third kappa shape index (κ3) is 4.95. The number of hydrogen-bond donors (Lipinski definition) is 2. The largest absolute Gasteiger partial charge is 0.388 e. The van der Waals surface area contributed by atoms with Gasteiger partial charge >= 0.3 is 6.03 Å². The SMILES string of the molecule is CCN(C)Cc1cccc(CNC(=O)N2CCC[C@@H]2C(C)(C)O)c1. The third-order valence-corrected chi connectivity index (χ3v) is 4.76. The van der Waals surface area contributed by atoms with Crippen molar-refractivity contribution in [2.24, 2.45) is 0 Å². The normalized spacial score (nSPS) is 18.2. The third-order valence-electron chi connectivity index (χ3n) is 4.76. The molecule has 0 bridgehead atoms. The zero-order chi connectivity index (χ0) is 17.7. The minimum Gasteiger partial charge on any atom is -0.388 e. The Morgan fingerprint density at radius 3 is 2.79 bits per heavy atom. The molecule has 2 rings (SSSR count). The van der Waals surface area contributed by atoms with E-state index in [1.807, 2.05) is 12.1 Å². The Bertz CT molecular complexity index is 554. The average Bonchev–Trinajstić information content (AvgIpc) is 3.03. The molecule has 134 valence electrons. The van der Waals surface area contributed by atoms with Gasteiger partial charge in [-0.3, -0.25) is 0 Å². The summed E-state index contributed by atoms with van der Waals surface area (Å²) in [5.41, 5.74) is 1.49. The van der Waals surface area contributed by atoms with Crippen molar-refractivity contribution in [2.45, 2.75) is 58.3 Å². The number of nitrogens with one attached hydrogen (secondary N) is 1. The van der Waals surface area contributed by atoms with Gasteiger partial charge in [0.15, 0.2) is 0 Å². The molecule has 1 aliphatic heterocycles. The van der Waals surface area contributed by atoms with Gasteiger partial charge in [0, 0.05) is 19.6 Å². The Kier molecular flexibility index (Phi) is 6.24. The first-order valence-corrected chi connectivity index (χ1v) is 8.84. The minimum atomic E-state index is -0.863. The topological polar surface area (TPSA) is 55.8 Å². The first-order chi connectivity index (χ1) is 11.3. The molecule has 1 aromatic rings. The first-order valence-electron chi connectivity index (χ1n) is 8.84. The van der Waals surface area contributed by atoms with E-state index in [9.17, 15) is 9.90 Å². The smallest absolute Gasteiger partial charge is 0.318 e. The van der Waals surface area contributed by atoms with Crippen molar-refractivity contribution in [3.63, 3.8) is 0 Å². The van der Waals surface area contributed by atoms with Crippen LogP contribution in [0.25, 0.3) is 0 Å². The van der Waals surface area contributed by atoms with Crippen molar-refractivity contribution in [3.05, 3.63) is 35.4 Å². The van der Waals surface area contributed by atoms with Crippen molar-refractivity contribution < 1.29 is 9.90 Å². The number of likely N-dealkylation sites (tertiary alicyclic amines) is 1. The molecule has 1 saturated heterocycles. The molecule has 1 heterocycles.